The summed E-state index contributed by atoms with van der Waals surface area (Å²) in [6.07, 6.45) is 7.89. The predicted octanol–water partition coefficient (Wildman–Crippen LogP) is 3.06. The minimum Gasteiger partial charge on any atom is -0.359 e. The maximum Gasteiger partial charge on any atom is 0.103 e. The zero-order valence-corrected chi connectivity index (χ0v) is 10.2. The summed E-state index contributed by atoms with van der Waals surface area (Å²) in [6, 6.07) is 7.65. The van der Waals surface area contributed by atoms with E-state index in [0.717, 1.165) is 12.2 Å². The highest BCUT2D eigenvalue weighted by atomic mass is 35.5. The second kappa shape index (κ2) is 5.13. The Labute approximate surface area is 107 Å². The van der Waals surface area contributed by atoms with E-state index in [9.17, 15) is 0 Å². The van der Waals surface area contributed by atoms with Crippen LogP contribution in [0.2, 0.25) is 5.02 Å². The van der Waals surface area contributed by atoms with Gasteiger partial charge in [-0.3, -0.25) is 0 Å². The van der Waals surface area contributed by atoms with Gasteiger partial charge in [0, 0.05) is 6.54 Å². The molecule has 0 heterocycles. The first-order valence-electron chi connectivity index (χ1n) is 5.63. The zero-order valence-electron chi connectivity index (χ0n) is 9.49. The highest BCUT2D eigenvalue weighted by molar-refractivity contribution is 6.32. The van der Waals surface area contributed by atoms with Crippen LogP contribution in [0.3, 0.4) is 0 Å². The lowest BCUT2D eigenvalue weighted by molar-refractivity contribution is 0.764. The van der Waals surface area contributed by atoms with Crippen molar-refractivity contribution in [2.24, 2.45) is 5.92 Å². The highest BCUT2D eigenvalue weighted by Gasteiger charge is 2.25. The van der Waals surface area contributed by atoms with Crippen molar-refractivity contribution in [3.05, 3.63) is 28.8 Å². The molecule has 1 aromatic carbocycles. The molecule has 0 spiro atoms. The fourth-order valence-corrected chi connectivity index (χ4v) is 2.07. The van der Waals surface area contributed by atoms with Crippen LogP contribution in [0.1, 0.15) is 18.4 Å². The molecule has 1 aromatic rings. The van der Waals surface area contributed by atoms with Gasteiger partial charge in [0.05, 0.1) is 22.8 Å². The third-order valence-corrected chi connectivity index (χ3v) is 3.22. The average molecular weight is 245 g/mol. The summed E-state index contributed by atoms with van der Waals surface area (Å²) in [5, 5.41) is 9.64. The summed E-state index contributed by atoms with van der Waals surface area (Å²) in [5.74, 6) is 3.36. The van der Waals surface area contributed by atoms with E-state index in [-0.39, 0.29) is 0 Å². The molecule has 1 aliphatic rings. The van der Waals surface area contributed by atoms with Crippen molar-refractivity contribution >= 4 is 17.3 Å². The molecule has 3 heteroatoms. The number of benzene rings is 1. The number of hydrogen-bond donors (Lipinski definition) is 0. The van der Waals surface area contributed by atoms with Gasteiger partial charge in [0.15, 0.2) is 0 Å². The first-order valence-corrected chi connectivity index (χ1v) is 6.01. The van der Waals surface area contributed by atoms with Gasteiger partial charge in [0.25, 0.3) is 0 Å². The van der Waals surface area contributed by atoms with E-state index in [2.05, 4.69) is 16.9 Å². The summed E-state index contributed by atoms with van der Waals surface area (Å²) in [7, 11) is 0. The standard InChI is InChI=1S/C14H13ClN2/c1-2-8-17(10-11-6-7-11)14-5-3-4-13(15)12(14)9-16/h1,3-5,11H,6-8,10H2. The van der Waals surface area contributed by atoms with Crippen molar-refractivity contribution in [1.29, 1.82) is 5.26 Å². The fraction of sp³-hybridized carbons (Fsp3) is 0.357. The molecule has 0 unspecified atom stereocenters. The molecule has 0 amide bonds. The minimum atomic E-state index is 0.489. The molecular weight excluding hydrogens is 232 g/mol. The lowest BCUT2D eigenvalue weighted by Crippen LogP contribution is -2.26. The molecule has 0 atom stereocenters. The third-order valence-electron chi connectivity index (χ3n) is 2.90. The molecule has 0 radical (unpaired) electrons. The number of terminal acetylenes is 1. The van der Waals surface area contributed by atoms with Crippen LogP contribution in [0.15, 0.2) is 18.2 Å². The molecule has 1 aliphatic carbocycles. The number of nitriles is 1. The van der Waals surface area contributed by atoms with Crippen LogP contribution < -0.4 is 4.90 Å². The first-order chi connectivity index (χ1) is 8.26. The van der Waals surface area contributed by atoms with Crippen LogP contribution in [0.25, 0.3) is 0 Å². The molecule has 2 nitrogen and oxygen atoms in total. The van der Waals surface area contributed by atoms with Crippen molar-refractivity contribution in [2.75, 3.05) is 18.0 Å². The van der Waals surface area contributed by atoms with Crippen LogP contribution in [0.5, 0.6) is 0 Å². The number of nitrogens with zero attached hydrogens (tertiary/aromatic N) is 2. The first kappa shape index (κ1) is 11.8. The van der Waals surface area contributed by atoms with E-state index in [4.69, 9.17) is 23.3 Å². The van der Waals surface area contributed by atoms with Crippen LogP contribution in [0, 0.1) is 29.6 Å². The Bertz CT molecular complexity index is 492. The molecule has 0 saturated heterocycles. The normalized spacial score (nSPS) is 13.8. The number of hydrogen-bond acceptors (Lipinski definition) is 2. The number of halogens is 1. The third kappa shape index (κ3) is 2.73. The van der Waals surface area contributed by atoms with Gasteiger partial charge in [-0.1, -0.05) is 23.6 Å². The van der Waals surface area contributed by atoms with Gasteiger partial charge >= 0.3 is 0 Å². The van der Waals surface area contributed by atoms with E-state index in [1.54, 1.807) is 6.07 Å². The Kier molecular flexibility index (Phi) is 3.57. The molecule has 86 valence electrons. The van der Waals surface area contributed by atoms with Gasteiger partial charge in [0.1, 0.15) is 6.07 Å². The molecule has 0 bridgehead atoms. The Morgan fingerprint density at radius 2 is 2.24 bits per heavy atom. The van der Waals surface area contributed by atoms with Gasteiger partial charge in [-0.15, -0.1) is 6.42 Å². The van der Waals surface area contributed by atoms with Crippen molar-refractivity contribution < 1.29 is 0 Å². The fourth-order valence-electron chi connectivity index (χ4n) is 1.86. The molecule has 1 fully saturated rings. The van der Waals surface area contributed by atoms with Crippen molar-refractivity contribution in [2.45, 2.75) is 12.8 Å². The van der Waals surface area contributed by atoms with Crippen molar-refractivity contribution in [3.8, 4) is 18.4 Å². The van der Waals surface area contributed by atoms with Crippen molar-refractivity contribution in [3.63, 3.8) is 0 Å². The molecule has 17 heavy (non-hydrogen) atoms. The maximum atomic E-state index is 9.15. The summed E-state index contributed by atoms with van der Waals surface area (Å²) in [4.78, 5) is 2.07. The summed E-state index contributed by atoms with van der Waals surface area (Å²) in [6.45, 7) is 1.44. The molecule has 2 rings (SSSR count). The summed E-state index contributed by atoms with van der Waals surface area (Å²) >= 11 is 6.03. The molecule has 1 saturated carbocycles. The second-order valence-corrected chi connectivity index (χ2v) is 4.68. The van der Waals surface area contributed by atoms with Gasteiger partial charge in [-0.2, -0.15) is 5.26 Å². The van der Waals surface area contributed by atoms with Gasteiger partial charge in [-0.05, 0) is 30.9 Å². The molecule has 0 aliphatic heterocycles. The SMILES string of the molecule is C#CCN(CC1CC1)c1cccc(Cl)c1C#N. The number of rotatable bonds is 4. The van der Waals surface area contributed by atoms with Gasteiger partial charge in [0.2, 0.25) is 0 Å². The summed E-state index contributed by atoms with van der Waals surface area (Å²) in [5.41, 5.74) is 1.37. The van der Waals surface area contributed by atoms with Crippen LogP contribution in [0.4, 0.5) is 5.69 Å². The van der Waals surface area contributed by atoms with Gasteiger partial charge < -0.3 is 4.90 Å². The summed E-state index contributed by atoms with van der Waals surface area (Å²) < 4.78 is 0. The lowest BCUT2D eigenvalue weighted by atomic mass is 10.1. The van der Waals surface area contributed by atoms with Crippen molar-refractivity contribution in [1.82, 2.24) is 0 Å². The molecule has 0 N–H and O–H groups in total. The Balaban J connectivity index is 2.31. The topological polar surface area (TPSA) is 27.0 Å². The van der Waals surface area contributed by atoms with E-state index >= 15 is 0 Å². The zero-order chi connectivity index (χ0) is 12.3. The Morgan fingerprint density at radius 1 is 1.47 bits per heavy atom. The predicted molar refractivity (Wildman–Crippen MR) is 69.9 cm³/mol. The largest absolute Gasteiger partial charge is 0.359 e. The van der Waals surface area contributed by atoms with Crippen LogP contribution in [-0.4, -0.2) is 13.1 Å². The number of anilines is 1. The van der Waals surface area contributed by atoms with Crippen LogP contribution in [-0.2, 0) is 0 Å². The second-order valence-electron chi connectivity index (χ2n) is 4.27. The van der Waals surface area contributed by atoms with E-state index < -0.39 is 0 Å². The quantitative estimate of drug-likeness (QED) is 0.762. The molecule has 0 aromatic heterocycles. The average Bonchev–Trinajstić information content (AvgIpc) is 3.12. The minimum absolute atomic E-state index is 0.489. The van der Waals surface area contributed by atoms with Gasteiger partial charge in [-0.25, -0.2) is 0 Å². The van der Waals surface area contributed by atoms with E-state index in [1.165, 1.54) is 12.8 Å². The Morgan fingerprint density at radius 3 is 2.82 bits per heavy atom. The van der Waals surface area contributed by atoms with E-state index in [0.29, 0.717) is 23.0 Å². The smallest absolute Gasteiger partial charge is 0.103 e. The highest BCUT2D eigenvalue weighted by Crippen LogP contribution is 2.33. The lowest BCUT2D eigenvalue weighted by Gasteiger charge is -2.23. The monoisotopic (exact) mass is 244 g/mol. The maximum absolute atomic E-state index is 9.15. The van der Waals surface area contributed by atoms with Crippen LogP contribution >= 0.6 is 11.6 Å². The van der Waals surface area contributed by atoms with E-state index in [1.807, 2.05) is 12.1 Å². The Hall–Kier alpha value is -1.64. The molecular formula is C14H13ClN2.